The molecule has 1 amide bonds. The van der Waals surface area contributed by atoms with Crippen molar-refractivity contribution in [2.45, 2.75) is 18.3 Å². The molecule has 5 nitrogen and oxygen atoms in total. The van der Waals surface area contributed by atoms with Crippen molar-refractivity contribution in [1.29, 1.82) is 0 Å². The number of carbonyl (C=O) groups excluding carboxylic acids is 1. The van der Waals surface area contributed by atoms with E-state index >= 15 is 0 Å². The van der Waals surface area contributed by atoms with Crippen molar-refractivity contribution < 1.29 is 4.79 Å². The highest BCUT2D eigenvalue weighted by atomic mass is 32.2. The number of likely N-dealkylation sites (N-methyl/N-ethyl adjacent to an activating group) is 1. The fourth-order valence-corrected chi connectivity index (χ4v) is 2.14. The molecule has 0 bridgehead atoms. The van der Waals surface area contributed by atoms with Gasteiger partial charge in [0.1, 0.15) is 6.04 Å². The van der Waals surface area contributed by atoms with Gasteiger partial charge >= 0.3 is 0 Å². The number of carbonyl (C=O) groups is 1. The molecule has 0 aromatic rings. The number of hydrogen-bond acceptors (Lipinski definition) is 3. The van der Waals surface area contributed by atoms with Crippen LogP contribution in [0.2, 0.25) is 0 Å². The van der Waals surface area contributed by atoms with Crippen molar-refractivity contribution in [2.24, 2.45) is 5.11 Å². The van der Waals surface area contributed by atoms with Gasteiger partial charge in [-0.25, -0.2) is 0 Å². The van der Waals surface area contributed by atoms with Crippen molar-refractivity contribution in [3.05, 3.63) is 10.4 Å². The summed E-state index contributed by atoms with van der Waals surface area (Å²) in [4.78, 5) is 15.3. The molecule has 1 aliphatic heterocycles. The van der Waals surface area contributed by atoms with E-state index in [4.69, 9.17) is 5.53 Å². The quantitative estimate of drug-likeness (QED) is 0.288. The van der Waals surface area contributed by atoms with Crippen LogP contribution in [0.4, 0.5) is 0 Å². The maximum absolute atomic E-state index is 11.1. The highest BCUT2D eigenvalue weighted by molar-refractivity contribution is 8.00. The first-order valence-corrected chi connectivity index (χ1v) is 4.69. The number of thioether (sulfide) groups is 1. The fraction of sp³-hybridized carbons (Fsp3) is 0.833. The maximum atomic E-state index is 11.1. The summed E-state index contributed by atoms with van der Waals surface area (Å²) in [6.07, 6.45) is 0. The Morgan fingerprint density at radius 3 is 3.00 bits per heavy atom. The van der Waals surface area contributed by atoms with Crippen molar-refractivity contribution >= 4 is 17.7 Å². The average Bonchev–Trinajstić information content (AvgIpc) is 2.10. The molecule has 0 aromatic heterocycles. The Hall–Kier alpha value is -0.870. The minimum atomic E-state index is -0.482. The first kappa shape index (κ1) is 9.22. The molecule has 1 fully saturated rings. The van der Waals surface area contributed by atoms with E-state index in [0.29, 0.717) is 0 Å². The molecule has 2 atom stereocenters. The van der Waals surface area contributed by atoms with Crippen LogP contribution in [0.5, 0.6) is 0 Å². The smallest absolute Gasteiger partial charge is 0.235 e. The summed E-state index contributed by atoms with van der Waals surface area (Å²) in [6.45, 7) is 2.01. The van der Waals surface area contributed by atoms with Gasteiger partial charge in [0.2, 0.25) is 5.91 Å². The Balaban J connectivity index is 2.61. The lowest BCUT2D eigenvalue weighted by Crippen LogP contribution is -2.60. The SMILES string of the molecule is CCSC1C(N=[N+]=[N-])C(=O)N1C. The van der Waals surface area contributed by atoms with Gasteiger partial charge in [-0.15, -0.1) is 11.8 Å². The number of rotatable bonds is 3. The Morgan fingerprint density at radius 2 is 2.50 bits per heavy atom. The molecule has 2 unspecified atom stereocenters. The van der Waals surface area contributed by atoms with E-state index in [0.717, 1.165) is 5.75 Å². The lowest BCUT2D eigenvalue weighted by Gasteiger charge is -2.41. The molecule has 0 aliphatic carbocycles. The first-order chi connectivity index (χ1) is 5.72. The van der Waals surface area contributed by atoms with Crippen LogP contribution < -0.4 is 0 Å². The predicted octanol–water partition coefficient (Wildman–Crippen LogP) is 1.22. The van der Waals surface area contributed by atoms with Gasteiger partial charge in [-0.05, 0) is 11.3 Å². The van der Waals surface area contributed by atoms with Crippen LogP contribution in [0.1, 0.15) is 6.92 Å². The fourth-order valence-electron chi connectivity index (χ4n) is 1.12. The molecule has 0 radical (unpaired) electrons. The number of azide groups is 1. The van der Waals surface area contributed by atoms with E-state index in [2.05, 4.69) is 10.0 Å². The van der Waals surface area contributed by atoms with Crippen LogP contribution in [-0.4, -0.2) is 35.0 Å². The Morgan fingerprint density at radius 1 is 1.83 bits per heavy atom. The normalized spacial score (nSPS) is 27.8. The summed E-state index contributed by atoms with van der Waals surface area (Å²) in [7, 11) is 1.72. The van der Waals surface area contributed by atoms with Crippen LogP contribution in [0.25, 0.3) is 10.4 Å². The summed E-state index contributed by atoms with van der Waals surface area (Å²) in [5, 5.41) is 3.47. The van der Waals surface area contributed by atoms with Gasteiger partial charge in [0.25, 0.3) is 0 Å². The second-order valence-corrected chi connectivity index (χ2v) is 3.84. The molecular weight excluding hydrogens is 176 g/mol. The van der Waals surface area contributed by atoms with E-state index in [1.807, 2.05) is 6.92 Å². The molecular formula is C6H10N4OS. The number of likely N-dealkylation sites (tertiary alicyclic amines) is 1. The van der Waals surface area contributed by atoms with Crippen molar-refractivity contribution in [3.63, 3.8) is 0 Å². The molecule has 12 heavy (non-hydrogen) atoms. The molecule has 66 valence electrons. The van der Waals surface area contributed by atoms with Gasteiger partial charge in [-0.3, -0.25) is 4.79 Å². The van der Waals surface area contributed by atoms with E-state index in [9.17, 15) is 4.79 Å². The monoisotopic (exact) mass is 186 g/mol. The molecule has 1 heterocycles. The third-order valence-electron chi connectivity index (χ3n) is 1.77. The Labute approximate surface area is 74.7 Å². The molecule has 0 N–H and O–H groups in total. The lowest BCUT2D eigenvalue weighted by atomic mass is 10.1. The van der Waals surface area contributed by atoms with Crippen LogP contribution in [-0.2, 0) is 4.79 Å². The zero-order valence-electron chi connectivity index (χ0n) is 6.97. The van der Waals surface area contributed by atoms with Crippen LogP contribution in [0.15, 0.2) is 5.11 Å². The third kappa shape index (κ3) is 1.35. The number of amides is 1. The Bertz CT molecular complexity index is 238. The van der Waals surface area contributed by atoms with Crippen molar-refractivity contribution in [1.82, 2.24) is 4.90 Å². The standard InChI is InChI=1S/C6H10N4OS/c1-3-12-6-4(8-9-7)5(11)10(6)2/h4,6H,3H2,1-2H3. The molecule has 0 aromatic carbocycles. The molecule has 1 rings (SSSR count). The summed E-state index contributed by atoms with van der Waals surface area (Å²) < 4.78 is 0. The molecule has 0 saturated carbocycles. The first-order valence-electron chi connectivity index (χ1n) is 3.64. The molecule has 1 aliphatic rings. The zero-order valence-corrected chi connectivity index (χ0v) is 7.78. The van der Waals surface area contributed by atoms with E-state index in [-0.39, 0.29) is 11.3 Å². The minimum Gasteiger partial charge on any atom is -0.332 e. The van der Waals surface area contributed by atoms with E-state index in [1.165, 1.54) is 0 Å². The summed E-state index contributed by atoms with van der Waals surface area (Å²) in [5.74, 6) is 0.832. The highest BCUT2D eigenvalue weighted by Crippen LogP contribution is 2.30. The van der Waals surface area contributed by atoms with Gasteiger partial charge in [0.15, 0.2) is 0 Å². The van der Waals surface area contributed by atoms with E-state index < -0.39 is 6.04 Å². The van der Waals surface area contributed by atoms with Crippen LogP contribution >= 0.6 is 11.8 Å². The maximum Gasteiger partial charge on any atom is 0.235 e. The number of nitrogens with zero attached hydrogens (tertiary/aromatic N) is 4. The Kier molecular flexibility index (Phi) is 2.83. The lowest BCUT2D eigenvalue weighted by molar-refractivity contribution is -0.141. The largest absolute Gasteiger partial charge is 0.332 e. The van der Waals surface area contributed by atoms with E-state index in [1.54, 1.807) is 23.7 Å². The number of β-lactam (4-membered cyclic amide) rings is 1. The van der Waals surface area contributed by atoms with Gasteiger partial charge in [0.05, 0.1) is 5.37 Å². The van der Waals surface area contributed by atoms with Crippen LogP contribution in [0, 0.1) is 0 Å². The summed E-state index contributed by atoms with van der Waals surface area (Å²) >= 11 is 1.62. The highest BCUT2D eigenvalue weighted by Gasteiger charge is 2.44. The molecule has 1 saturated heterocycles. The predicted molar refractivity (Wildman–Crippen MR) is 47.6 cm³/mol. The van der Waals surface area contributed by atoms with Crippen molar-refractivity contribution in [2.75, 3.05) is 12.8 Å². The minimum absolute atomic E-state index is 0.0402. The van der Waals surface area contributed by atoms with Crippen LogP contribution in [0.3, 0.4) is 0 Å². The van der Waals surface area contributed by atoms with Gasteiger partial charge in [-0.2, -0.15) is 0 Å². The summed E-state index contributed by atoms with van der Waals surface area (Å²) in [5.41, 5.74) is 8.17. The second kappa shape index (κ2) is 3.69. The second-order valence-electron chi connectivity index (χ2n) is 2.44. The van der Waals surface area contributed by atoms with Gasteiger partial charge in [-0.1, -0.05) is 12.0 Å². The topological polar surface area (TPSA) is 69.1 Å². The number of hydrogen-bond donors (Lipinski definition) is 0. The molecule has 6 heteroatoms. The zero-order chi connectivity index (χ0) is 9.14. The molecule has 0 spiro atoms. The van der Waals surface area contributed by atoms with Crippen molar-refractivity contribution in [3.8, 4) is 0 Å². The van der Waals surface area contributed by atoms with Gasteiger partial charge in [0, 0.05) is 12.0 Å². The third-order valence-corrected chi connectivity index (χ3v) is 3.01. The van der Waals surface area contributed by atoms with Gasteiger partial charge < -0.3 is 4.90 Å². The summed E-state index contributed by atoms with van der Waals surface area (Å²) in [6, 6.07) is -0.482. The average molecular weight is 186 g/mol.